The van der Waals surface area contributed by atoms with E-state index in [1.807, 2.05) is 36.0 Å². The molecular weight excluding hydrogens is 348 g/mol. The Morgan fingerprint density at radius 1 is 1.12 bits per heavy atom. The molecule has 1 aromatic rings. The van der Waals surface area contributed by atoms with Crippen molar-refractivity contribution in [1.82, 2.24) is 0 Å². The second-order valence-corrected chi connectivity index (χ2v) is 8.22. The average molecular weight is 378 g/mol. The molecule has 0 spiro atoms. The molecule has 2 amide bonds. The number of carbonyl (C=O) groups is 2. The van der Waals surface area contributed by atoms with Gasteiger partial charge in [-0.3, -0.25) is 9.59 Å². The molecule has 2 saturated heterocycles. The van der Waals surface area contributed by atoms with Crippen molar-refractivity contribution < 1.29 is 19.2 Å². The van der Waals surface area contributed by atoms with Crippen molar-refractivity contribution in [2.75, 3.05) is 36.1 Å². The summed E-state index contributed by atoms with van der Waals surface area (Å²) in [5.74, 6) is 2.79. The van der Waals surface area contributed by atoms with E-state index >= 15 is 0 Å². The van der Waals surface area contributed by atoms with Crippen molar-refractivity contribution in [1.29, 1.82) is 0 Å². The van der Waals surface area contributed by atoms with E-state index in [9.17, 15) is 9.59 Å². The molecule has 0 aromatic heterocycles. The highest BCUT2D eigenvalue weighted by Gasteiger charge is 2.45. The highest BCUT2D eigenvalue weighted by molar-refractivity contribution is 7.99. The third-order valence-corrected chi connectivity index (χ3v) is 6.12. The number of rotatable bonds is 8. The van der Waals surface area contributed by atoms with Gasteiger partial charge in [-0.25, -0.2) is 4.90 Å². The van der Waals surface area contributed by atoms with E-state index in [-0.39, 0.29) is 17.9 Å². The summed E-state index contributed by atoms with van der Waals surface area (Å²) in [6.45, 7) is 4.83. The molecule has 2 heterocycles. The number of benzene rings is 1. The molecule has 6 heteroatoms. The SMILES string of the molecule is CCCCCCOc1ccc(N2C(=O)C[C@@H]([NH+]3CCSCC3)C2=O)cc1. The first-order chi connectivity index (χ1) is 12.7. The van der Waals surface area contributed by atoms with E-state index in [4.69, 9.17) is 4.74 Å². The Labute approximate surface area is 160 Å². The molecule has 2 aliphatic rings. The number of amides is 2. The van der Waals surface area contributed by atoms with Crippen molar-refractivity contribution >= 4 is 29.3 Å². The summed E-state index contributed by atoms with van der Waals surface area (Å²) in [7, 11) is 0. The predicted molar refractivity (Wildman–Crippen MR) is 105 cm³/mol. The van der Waals surface area contributed by atoms with Gasteiger partial charge in [-0.05, 0) is 30.7 Å². The fourth-order valence-corrected chi connectivity index (χ4v) is 4.63. The van der Waals surface area contributed by atoms with E-state index in [1.165, 1.54) is 29.1 Å². The third-order valence-electron chi connectivity index (χ3n) is 5.14. The largest absolute Gasteiger partial charge is 0.494 e. The molecule has 2 fully saturated rings. The van der Waals surface area contributed by atoms with Crippen LogP contribution in [0.1, 0.15) is 39.0 Å². The minimum Gasteiger partial charge on any atom is -0.494 e. The van der Waals surface area contributed by atoms with Gasteiger partial charge in [-0.2, -0.15) is 11.8 Å². The van der Waals surface area contributed by atoms with Crippen LogP contribution in [-0.4, -0.2) is 49.1 Å². The maximum Gasteiger partial charge on any atom is 0.292 e. The second kappa shape index (κ2) is 9.42. The van der Waals surface area contributed by atoms with Gasteiger partial charge in [0.15, 0.2) is 6.04 Å². The number of carbonyl (C=O) groups excluding carboxylic acids is 2. The first-order valence-electron chi connectivity index (χ1n) is 9.72. The van der Waals surface area contributed by atoms with Crippen LogP contribution < -0.4 is 14.5 Å². The molecule has 26 heavy (non-hydrogen) atoms. The summed E-state index contributed by atoms with van der Waals surface area (Å²) in [5.41, 5.74) is 0.659. The van der Waals surface area contributed by atoms with Crippen LogP contribution in [0.3, 0.4) is 0 Å². The van der Waals surface area contributed by atoms with Gasteiger partial charge in [0, 0.05) is 11.5 Å². The van der Waals surface area contributed by atoms with E-state index in [1.54, 1.807) is 0 Å². The lowest BCUT2D eigenvalue weighted by atomic mass is 10.2. The van der Waals surface area contributed by atoms with Crippen molar-refractivity contribution in [3.05, 3.63) is 24.3 Å². The number of anilines is 1. The Morgan fingerprint density at radius 2 is 1.85 bits per heavy atom. The average Bonchev–Trinajstić information content (AvgIpc) is 2.97. The zero-order chi connectivity index (χ0) is 18.4. The smallest absolute Gasteiger partial charge is 0.292 e. The second-order valence-electron chi connectivity index (χ2n) is 7.00. The Kier molecular flexibility index (Phi) is 6.97. The van der Waals surface area contributed by atoms with E-state index < -0.39 is 0 Å². The lowest BCUT2D eigenvalue weighted by molar-refractivity contribution is -0.911. The number of unbranched alkanes of at least 4 members (excludes halogenated alkanes) is 3. The summed E-state index contributed by atoms with van der Waals surface area (Å²) in [4.78, 5) is 27.9. The molecule has 1 atom stereocenters. The molecule has 0 unspecified atom stereocenters. The third kappa shape index (κ3) is 4.60. The summed E-state index contributed by atoms with van der Waals surface area (Å²) in [6.07, 6.45) is 5.02. The fourth-order valence-electron chi connectivity index (χ4n) is 3.61. The molecule has 142 valence electrons. The molecule has 0 bridgehead atoms. The molecule has 0 radical (unpaired) electrons. The Balaban J connectivity index is 1.58. The zero-order valence-corrected chi connectivity index (χ0v) is 16.4. The highest BCUT2D eigenvalue weighted by atomic mass is 32.2. The maximum atomic E-state index is 12.8. The van der Waals surface area contributed by atoms with Crippen molar-refractivity contribution in [3.63, 3.8) is 0 Å². The van der Waals surface area contributed by atoms with Crippen molar-refractivity contribution in [2.24, 2.45) is 0 Å². The number of thioether (sulfide) groups is 1. The minimum absolute atomic E-state index is 0.0508. The van der Waals surface area contributed by atoms with E-state index in [2.05, 4.69) is 6.92 Å². The van der Waals surface area contributed by atoms with Gasteiger partial charge in [0.25, 0.3) is 5.91 Å². The fraction of sp³-hybridized carbons (Fsp3) is 0.600. The van der Waals surface area contributed by atoms with Gasteiger partial charge in [-0.1, -0.05) is 26.2 Å². The van der Waals surface area contributed by atoms with Crippen LogP contribution in [-0.2, 0) is 9.59 Å². The molecule has 0 saturated carbocycles. The summed E-state index contributed by atoms with van der Waals surface area (Å²) in [5, 5.41) is 0. The van der Waals surface area contributed by atoms with Crippen LogP contribution in [0.25, 0.3) is 0 Å². The lowest BCUT2D eigenvalue weighted by Gasteiger charge is -2.27. The molecule has 5 nitrogen and oxygen atoms in total. The normalized spacial score (nSPS) is 21.4. The van der Waals surface area contributed by atoms with Crippen molar-refractivity contribution in [3.8, 4) is 5.75 Å². The number of hydrogen-bond acceptors (Lipinski definition) is 4. The molecular formula is C20H29N2O3S+. The standard InChI is InChI=1S/C20H28N2O3S/c1-2-3-4-5-12-25-17-8-6-16(7-9-17)22-19(23)15-18(20(22)24)21-10-13-26-14-11-21/h6-9,18H,2-5,10-15H2,1H3/p+1/t18-/m1/s1. The quantitative estimate of drug-likeness (QED) is 0.555. The minimum atomic E-state index is -0.210. The first-order valence-corrected chi connectivity index (χ1v) is 10.9. The van der Waals surface area contributed by atoms with Crippen LogP contribution in [0.5, 0.6) is 5.75 Å². The molecule has 1 N–H and O–H groups in total. The number of quaternary nitrogens is 1. The van der Waals surface area contributed by atoms with Gasteiger partial charge in [0.05, 0.1) is 31.8 Å². The van der Waals surface area contributed by atoms with E-state index in [0.29, 0.717) is 18.7 Å². The lowest BCUT2D eigenvalue weighted by Crippen LogP contribution is -3.18. The molecule has 1 aromatic carbocycles. The Bertz CT molecular complexity index is 614. The van der Waals surface area contributed by atoms with Crippen LogP contribution >= 0.6 is 11.8 Å². The molecule has 0 aliphatic carbocycles. The van der Waals surface area contributed by atoms with Gasteiger partial charge < -0.3 is 9.64 Å². The van der Waals surface area contributed by atoms with E-state index in [0.717, 1.165) is 36.8 Å². The van der Waals surface area contributed by atoms with Crippen LogP contribution in [0.2, 0.25) is 0 Å². The van der Waals surface area contributed by atoms with Gasteiger partial charge in [-0.15, -0.1) is 0 Å². The number of imide groups is 1. The van der Waals surface area contributed by atoms with Crippen LogP contribution in [0, 0.1) is 0 Å². The van der Waals surface area contributed by atoms with Gasteiger partial charge in [0.1, 0.15) is 5.75 Å². The monoisotopic (exact) mass is 377 g/mol. The van der Waals surface area contributed by atoms with Gasteiger partial charge in [0.2, 0.25) is 5.91 Å². The Morgan fingerprint density at radius 3 is 2.54 bits per heavy atom. The van der Waals surface area contributed by atoms with Crippen LogP contribution in [0.15, 0.2) is 24.3 Å². The first kappa shape index (κ1) is 19.2. The molecule has 2 aliphatic heterocycles. The Hall–Kier alpha value is -1.53. The predicted octanol–water partition coefficient (Wildman–Crippen LogP) is 1.91. The summed E-state index contributed by atoms with van der Waals surface area (Å²) >= 11 is 1.92. The summed E-state index contributed by atoms with van der Waals surface area (Å²) in [6, 6.07) is 7.14. The van der Waals surface area contributed by atoms with Crippen molar-refractivity contribution in [2.45, 2.75) is 45.1 Å². The maximum absolute atomic E-state index is 12.8. The molecule has 3 rings (SSSR count). The summed E-state index contributed by atoms with van der Waals surface area (Å²) < 4.78 is 5.75. The van der Waals surface area contributed by atoms with Crippen LogP contribution in [0.4, 0.5) is 5.69 Å². The van der Waals surface area contributed by atoms with Gasteiger partial charge >= 0.3 is 0 Å². The highest BCUT2D eigenvalue weighted by Crippen LogP contribution is 2.25. The number of nitrogens with one attached hydrogen (secondary N) is 1. The number of nitrogens with zero attached hydrogens (tertiary/aromatic N) is 1. The number of ether oxygens (including phenoxy) is 1. The number of hydrogen-bond donors (Lipinski definition) is 1. The topological polar surface area (TPSA) is 51.0 Å². The zero-order valence-electron chi connectivity index (χ0n) is 15.5.